The largest absolute Gasteiger partial charge is 0.472 e. The number of phosphoric acid groups is 1. The summed E-state index contributed by atoms with van der Waals surface area (Å²) >= 11 is 0. The molecule has 0 radical (unpaired) electrons. The molecule has 3 N–H and O–H groups in total. The van der Waals surface area contributed by atoms with E-state index in [4.69, 9.17) is 9.05 Å². The number of unbranched alkanes of at least 4 members (excludes halogenated alkanes) is 26. The molecule has 3 unspecified atom stereocenters. The maximum atomic E-state index is 13.0. The summed E-state index contributed by atoms with van der Waals surface area (Å²) in [5.41, 5.74) is 0. The second-order valence-corrected chi connectivity index (χ2v) is 25.3. The van der Waals surface area contributed by atoms with Crippen LogP contribution in [0.1, 0.15) is 271 Å². The zero-order valence-corrected chi connectivity index (χ0v) is 55.7. The second kappa shape index (κ2) is 63.9. The molecule has 0 fully saturated rings. The molecule has 0 spiro atoms. The van der Waals surface area contributed by atoms with Gasteiger partial charge in [-0.25, -0.2) is 4.57 Å². The van der Waals surface area contributed by atoms with Crippen molar-refractivity contribution < 1.29 is 32.9 Å². The molecule has 8 nitrogen and oxygen atoms in total. The Morgan fingerprint density at radius 2 is 0.726 bits per heavy atom. The summed E-state index contributed by atoms with van der Waals surface area (Å²) in [5, 5.41) is 14.0. The van der Waals surface area contributed by atoms with Crippen molar-refractivity contribution in [1.82, 2.24) is 5.32 Å². The van der Waals surface area contributed by atoms with Crippen molar-refractivity contribution in [2.75, 3.05) is 40.9 Å². The van der Waals surface area contributed by atoms with Crippen LogP contribution < -0.4 is 5.32 Å². The molecule has 0 aliphatic carbocycles. The second-order valence-electron chi connectivity index (χ2n) is 23.8. The number of rotatable bonds is 61. The Morgan fingerprint density at radius 1 is 0.417 bits per heavy atom. The van der Waals surface area contributed by atoms with Crippen LogP contribution in [0.5, 0.6) is 0 Å². The van der Waals surface area contributed by atoms with E-state index >= 15 is 0 Å². The Hall–Kier alpha value is -3.62. The minimum atomic E-state index is -4.38. The zero-order chi connectivity index (χ0) is 61.2. The number of hydrogen-bond acceptors (Lipinski definition) is 5. The quantitative estimate of drug-likeness (QED) is 0.0243. The number of quaternary nitrogens is 1. The van der Waals surface area contributed by atoms with Crippen LogP contribution in [0.2, 0.25) is 0 Å². The highest BCUT2D eigenvalue weighted by molar-refractivity contribution is 7.47. The van der Waals surface area contributed by atoms with Gasteiger partial charge < -0.3 is 19.8 Å². The fourth-order valence-corrected chi connectivity index (χ4v) is 9.98. The van der Waals surface area contributed by atoms with E-state index in [0.29, 0.717) is 17.4 Å². The fourth-order valence-electron chi connectivity index (χ4n) is 9.24. The molecule has 0 heterocycles. The van der Waals surface area contributed by atoms with E-state index in [0.717, 1.165) is 116 Å². The monoisotopic (exact) mass is 1190 g/mol. The number of aliphatic hydroxyl groups is 1. The molecule has 0 aliphatic rings. The molecule has 9 heteroatoms. The molecular formula is C75H130N2O6P+. The molecule has 0 bridgehead atoms. The van der Waals surface area contributed by atoms with E-state index in [1.165, 1.54) is 135 Å². The predicted octanol–water partition coefficient (Wildman–Crippen LogP) is 22.0. The SMILES string of the molecule is CC/C=C\C/C=C\C/C=C\C/C=C\C/C=C\C/C=C\C/C=C\C/C=C\C/C=C\CCCCCCCCCCCC(=O)NC(COP(=O)(O)OCC[N+](C)(C)C)C(O)/C=C/CC/C=C/CC/C=C/CCCCCCCCCCCCCCCCC. The van der Waals surface area contributed by atoms with Crippen molar-refractivity contribution in [3.8, 4) is 0 Å². The van der Waals surface area contributed by atoms with Crippen molar-refractivity contribution in [1.29, 1.82) is 0 Å². The van der Waals surface area contributed by atoms with E-state index in [2.05, 4.69) is 153 Å². The predicted molar refractivity (Wildman–Crippen MR) is 368 cm³/mol. The van der Waals surface area contributed by atoms with Crippen LogP contribution in [0.3, 0.4) is 0 Å². The number of aliphatic hydroxyl groups excluding tert-OH is 1. The van der Waals surface area contributed by atoms with Crippen molar-refractivity contribution in [2.24, 2.45) is 0 Å². The lowest BCUT2D eigenvalue weighted by molar-refractivity contribution is -0.870. The summed E-state index contributed by atoms with van der Waals surface area (Å²) in [7, 11) is 1.53. The Balaban J connectivity index is 4.22. The Morgan fingerprint density at radius 3 is 1.10 bits per heavy atom. The zero-order valence-electron chi connectivity index (χ0n) is 54.8. The summed E-state index contributed by atoms with van der Waals surface area (Å²) in [5.74, 6) is -0.202. The van der Waals surface area contributed by atoms with Crippen molar-refractivity contribution in [3.05, 3.63) is 146 Å². The standard InChI is InChI=1S/C75H129N2O6P/c1-6-8-10-12-14-16-18-20-22-24-26-28-30-32-33-34-35-36-37-38-39-40-41-42-43-45-47-49-51-53-55-57-59-61-63-65-67-69-75(79)76-73(72-83-84(80,81)82-71-70-77(3,4)5)74(78)68-66-64-62-60-58-56-54-52-50-48-46-44-31-29-27-25-23-21-19-17-15-13-11-9-7-2/h8,10,14,16,20,22,26,28,32-33,35-36,38-39,41-42,45,47,50,52,58,60,66,68,73-74,78H,6-7,9,11-13,15,17-19,21,23-25,27,29-31,34,37,40,43-44,46,48-49,51,53-57,59,61-65,67,69-72H2,1-5H3,(H-,76,79,80,81)/p+1/b10-8-,16-14-,22-20-,28-26-,33-32-,36-35-,39-38-,42-41-,47-45-,52-50+,60-58+,68-66+. The number of nitrogens with one attached hydrogen (secondary N) is 1. The average Bonchev–Trinajstić information content (AvgIpc) is 3.56. The summed E-state index contributed by atoms with van der Waals surface area (Å²) < 4.78 is 23.8. The number of carbonyl (C=O) groups is 1. The summed E-state index contributed by atoms with van der Waals surface area (Å²) in [6.45, 7) is 4.67. The number of likely N-dealkylation sites (N-methyl/N-ethyl adjacent to an activating group) is 1. The van der Waals surface area contributed by atoms with E-state index in [-0.39, 0.29) is 19.1 Å². The number of nitrogens with zero attached hydrogens (tertiary/aromatic N) is 1. The molecule has 0 aliphatic heterocycles. The maximum Gasteiger partial charge on any atom is 0.472 e. The summed E-state index contributed by atoms with van der Waals surface area (Å²) in [6, 6.07) is -0.885. The van der Waals surface area contributed by atoms with Crippen LogP contribution in [0.15, 0.2) is 146 Å². The van der Waals surface area contributed by atoms with Gasteiger partial charge in [0.15, 0.2) is 0 Å². The smallest absolute Gasteiger partial charge is 0.387 e. The van der Waals surface area contributed by atoms with Gasteiger partial charge in [-0.15, -0.1) is 0 Å². The molecule has 0 saturated heterocycles. The Labute approximate surface area is 519 Å². The van der Waals surface area contributed by atoms with Crippen LogP contribution in [0, 0.1) is 0 Å². The number of amides is 1. The molecule has 3 atom stereocenters. The Kier molecular flexibility index (Phi) is 61.1. The minimum Gasteiger partial charge on any atom is -0.387 e. The normalized spacial score (nSPS) is 14.6. The lowest BCUT2D eigenvalue weighted by atomic mass is 10.0. The third-order valence-corrected chi connectivity index (χ3v) is 15.5. The average molecular weight is 1190 g/mol. The van der Waals surface area contributed by atoms with Gasteiger partial charge >= 0.3 is 7.82 Å². The van der Waals surface area contributed by atoms with Crippen molar-refractivity contribution >= 4 is 13.7 Å². The first kappa shape index (κ1) is 80.4. The molecule has 0 rings (SSSR count). The number of phosphoric ester groups is 1. The van der Waals surface area contributed by atoms with Crippen LogP contribution in [0.4, 0.5) is 0 Å². The minimum absolute atomic E-state index is 0.0452. The first-order valence-electron chi connectivity index (χ1n) is 34.2. The van der Waals surface area contributed by atoms with E-state index in [1.807, 2.05) is 27.2 Å². The molecule has 480 valence electrons. The highest BCUT2D eigenvalue weighted by Crippen LogP contribution is 2.43. The van der Waals surface area contributed by atoms with Crippen LogP contribution in [-0.4, -0.2) is 73.4 Å². The lowest BCUT2D eigenvalue weighted by Crippen LogP contribution is -2.45. The maximum absolute atomic E-state index is 13.0. The van der Waals surface area contributed by atoms with Crippen molar-refractivity contribution in [3.63, 3.8) is 0 Å². The molecule has 1 amide bonds. The molecular weight excluding hydrogens is 1060 g/mol. The topological polar surface area (TPSA) is 105 Å². The molecule has 84 heavy (non-hydrogen) atoms. The van der Waals surface area contributed by atoms with Gasteiger partial charge in [0.25, 0.3) is 0 Å². The van der Waals surface area contributed by atoms with Crippen LogP contribution in [0.25, 0.3) is 0 Å². The van der Waals surface area contributed by atoms with Gasteiger partial charge in [0.1, 0.15) is 13.2 Å². The number of allylic oxidation sites excluding steroid dienone is 23. The van der Waals surface area contributed by atoms with E-state index in [9.17, 15) is 19.4 Å². The first-order chi connectivity index (χ1) is 41.0. The van der Waals surface area contributed by atoms with Gasteiger partial charge in [-0.1, -0.05) is 295 Å². The molecule has 0 aromatic rings. The molecule has 0 saturated carbocycles. The third-order valence-electron chi connectivity index (χ3n) is 14.5. The highest BCUT2D eigenvalue weighted by Gasteiger charge is 2.27. The van der Waals surface area contributed by atoms with E-state index in [1.54, 1.807) is 6.08 Å². The third kappa shape index (κ3) is 65.9. The van der Waals surface area contributed by atoms with Gasteiger partial charge in [-0.2, -0.15) is 0 Å². The molecule has 0 aromatic heterocycles. The van der Waals surface area contributed by atoms with E-state index < -0.39 is 20.0 Å². The van der Waals surface area contributed by atoms with Gasteiger partial charge in [0, 0.05) is 6.42 Å². The number of hydrogen-bond donors (Lipinski definition) is 3. The summed E-state index contributed by atoms with van der Waals surface area (Å²) in [4.78, 5) is 23.4. The Bertz CT molecular complexity index is 1880. The van der Waals surface area contributed by atoms with Crippen molar-refractivity contribution in [2.45, 2.75) is 283 Å². The lowest BCUT2D eigenvalue weighted by Gasteiger charge is -2.25. The molecule has 0 aromatic carbocycles. The van der Waals surface area contributed by atoms with Gasteiger partial charge in [-0.05, 0) is 116 Å². The summed E-state index contributed by atoms with van der Waals surface area (Å²) in [6.07, 6.45) is 98.4. The first-order valence-corrected chi connectivity index (χ1v) is 35.7. The fraction of sp³-hybridized carbons (Fsp3) is 0.667. The van der Waals surface area contributed by atoms with Crippen LogP contribution in [-0.2, 0) is 18.4 Å². The highest BCUT2D eigenvalue weighted by atomic mass is 31.2. The van der Waals surface area contributed by atoms with Gasteiger partial charge in [-0.3, -0.25) is 13.8 Å². The van der Waals surface area contributed by atoms with Crippen LogP contribution >= 0.6 is 7.82 Å². The number of carbonyl (C=O) groups excluding carboxylic acids is 1. The van der Waals surface area contributed by atoms with Gasteiger partial charge in [0.05, 0.1) is 39.9 Å². The van der Waals surface area contributed by atoms with Gasteiger partial charge in [0.2, 0.25) is 5.91 Å².